The monoisotopic (exact) mass is 539 g/mol. The smallest absolute Gasteiger partial charge is 0.417 e. The highest BCUT2D eigenvalue weighted by Gasteiger charge is 2.65. The second-order valence-corrected chi connectivity index (χ2v) is 8.68. The maximum absolute atomic E-state index is 14.5. The van der Waals surface area contributed by atoms with Crippen LogP contribution >= 0.6 is 0 Å². The molecule has 0 bridgehead atoms. The standard InChI is InChI=1S/C24H22F5N5O4/c1-11-17(13-4-5-14(25)18(26)19(13)36-3)20(38-23(11,2)24(27,28)29)21(35)33-12-6-8-31-16(10-12)37-22-32-9-7-15(30)34-22/h4-11,17,20H,1-3H3,(H2,30,32,34)(H,31,33,35)/t11-,17-,20+,23+/m0/s1. The van der Waals surface area contributed by atoms with Gasteiger partial charge in [0.15, 0.2) is 17.2 Å². The number of carbonyl (C=O) groups is 1. The summed E-state index contributed by atoms with van der Waals surface area (Å²) < 4.78 is 86.4. The fourth-order valence-corrected chi connectivity index (χ4v) is 4.29. The molecule has 0 spiro atoms. The quantitative estimate of drug-likeness (QED) is 0.436. The number of halogens is 5. The minimum Gasteiger partial charge on any atom is -0.493 e. The van der Waals surface area contributed by atoms with E-state index in [2.05, 4.69) is 20.3 Å². The lowest BCUT2D eigenvalue weighted by Crippen LogP contribution is -2.47. The average Bonchev–Trinajstić information content (AvgIpc) is 3.13. The van der Waals surface area contributed by atoms with Gasteiger partial charge in [-0.25, -0.2) is 14.4 Å². The molecule has 2 aromatic heterocycles. The highest BCUT2D eigenvalue weighted by atomic mass is 19.4. The number of benzene rings is 1. The van der Waals surface area contributed by atoms with Crippen molar-refractivity contribution >= 4 is 17.4 Å². The van der Waals surface area contributed by atoms with E-state index in [-0.39, 0.29) is 29.0 Å². The predicted octanol–water partition coefficient (Wildman–Crippen LogP) is 4.61. The molecule has 1 aliphatic rings. The molecular formula is C24H22F5N5O4. The first-order chi connectivity index (χ1) is 17.9. The molecule has 202 valence electrons. The van der Waals surface area contributed by atoms with E-state index < -0.39 is 53.0 Å². The summed E-state index contributed by atoms with van der Waals surface area (Å²) in [6, 6.07) is 5.78. The van der Waals surface area contributed by atoms with Gasteiger partial charge in [-0.15, -0.1) is 0 Å². The van der Waals surface area contributed by atoms with Crippen molar-refractivity contribution in [2.24, 2.45) is 5.92 Å². The summed E-state index contributed by atoms with van der Waals surface area (Å²) in [7, 11) is 1.04. The molecule has 1 aliphatic heterocycles. The number of aromatic nitrogens is 3. The molecule has 4 rings (SSSR count). The van der Waals surface area contributed by atoms with E-state index in [4.69, 9.17) is 19.9 Å². The zero-order valence-corrected chi connectivity index (χ0v) is 20.2. The van der Waals surface area contributed by atoms with Gasteiger partial charge in [0.1, 0.15) is 11.9 Å². The fraction of sp³-hybridized carbons (Fsp3) is 0.333. The first-order valence-corrected chi connectivity index (χ1v) is 11.2. The molecule has 9 nitrogen and oxygen atoms in total. The highest BCUT2D eigenvalue weighted by Crippen LogP contribution is 2.55. The van der Waals surface area contributed by atoms with Crippen LogP contribution in [0.3, 0.4) is 0 Å². The van der Waals surface area contributed by atoms with Gasteiger partial charge < -0.3 is 25.3 Å². The molecule has 1 fully saturated rings. The second-order valence-electron chi connectivity index (χ2n) is 8.68. The van der Waals surface area contributed by atoms with Gasteiger partial charge in [0.05, 0.1) is 7.11 Å². The number of nitrogens with two attached hydrogens (primary N) is 1. The van der Waals surface area contributed by atoms with Gasteiger partial charge in [-0.05, 0) is 25.1 Å². The molecule has 1 aromatic carbocycles. The molecule has 0 radical (unpaired) electrons. The van der Waals surface area contributed by atoms with Crippen molar-refractivity contribution in [3.63, 3.8) is 0 Å². The third kappa shape index (κ3) is 4.90. The van der Waals surface area contributed by atoms with E-state index in [0.29, 0.717) is 0 Å². The number of hydrogen-bond acceptors (Lipinski definition) is 8. The van der Waals surface area contributed by atoms with Crippen LogP contribution in [0, 0.1) is 17.6 Å². The molecule has 1 saturated heterocycles. The van der Waals surface area contributed by atoms with Crippen LogP contribution < -0.4 is 20.5 Å². The van der Waals surface area contributed by atoms with Crippen molar-refractivity contribution in [1.82, 2.24) is 15.0 Å². The van der Waals surface area contributed by atoms with Gasteiger partial charge in [-0.2, -0.15) is 22.5 Å². The van der Waals surface area contributed by atoms with Crippen LogP contribution in [-0.4, -0.2) is 45.9 Å². The number of carbonyl (C=O) groups excluding carboxylic acids is 1. The lowest BCUT2D eigenvalue weighted by Gasteiger charge is -2.32. The summed E-state index contributed by atoms with van der Waals surface area (Å²) in [6.45, 7) is 2.02. The number of pyridine rings is 1. The molecule has 1 amide bonds. The number of nitrogen functional groups attached to an aromatic ring is 1. The minimum atomic E-state index is -4.89. The maximum Gasteiger partial charge on any atom is 0.417 e. The molecule has 0 aliphatic carbocycles. The van der Waals surface area contributed by atoms with Gasteiger partial charge in [0.2, 0.25) is 11.7 Å². The lowest BCUT2D eigenvalue weighted by molar-refractivity contribution is -0.272. The first-order valence-electron chi connectivity index (χ1n) is 11.2. The van der Waals surface area contributed by atoms with Crippen molar-refractivity contribution in [3.05, 3.63) is 59.9 Å². The molecule has 3 aromatic rings. The Morgan fingerprint density at radius 3 is 2.53 bits per heavy atom. The van der Waals surface area contributed by atoms with E-state index in [1.54, 1.807) is 0 Å². The Hall–Kier alpha value is -4.07. The topological polar surface area (TPSA) is 121 Å². The lowest BCUT2D eigenvalue weighted by atomic mass is 9.77. The van der Waals surface area contributed by atoms with Crippen LogP contribution in [0.2, 0.25) is 0 Å². The largest absolute Gasteiger partial charge is 0.493 e. The van der Waals surface area contributed by atoms with Crippen molar-refractivity contribution in [2.45, 2.75) is 37.6 Å². The molecule has 3 heterocycles. The van der Waals surface area contributed by atoms with Crippen molar-refractivity contribution in [2.75, 3.05) is 18.2 Å². The van der Waals surface area contributed by atoms with E-state index in [9.17, 15) is 26.7 Å². The van der Waals surface area contributed by atoms with Crippen molar-refractivity contribution in [1.29, 1.82) is 0 Å². The molecule has 0 unspecified atom stereocenters. The van der Waals surface area contributed by atoms with E-state index in [1.165, 1.54) is 37.5 Å². The Balaban J connectivity index is 1.67. The summed E-state index contributed by atoms with van der Waals surface area (Å²) >= 11 is 0. The second kappa shape index (κ2) is 10.0. The van der Waals surface area contributed by atoms with Crippen LogP contribution in [0.25, 0.3) is 0 Å². The molecule has 14 heteroatoms. The Kier molecular flexibility index (Phi) is 7.10. The number of rotatable bonds is 6. The van der Waals surface area contributed by atoms with Gasteiger partial charge in [0.25, 0.3) is 5.91 Å². The SMILES string of the molecule is COc1c([C@H]2[C@H](C(=O)Nc3ccnc(Oc4nccc(N)n4)c3)O[C@@](C)(C(F)(F)F)[C@H]2C)ccc(F)c1F. The van der Waals surface area contributed by atoms with Crippen LogP contribution in [0.1, 0.15) is 25.3 Å². The molecular weight excluding hydrogens is 517 g/mol. The Labute approximate surface area is 213 Å². The summed E-state index contributed by atoms with van der Waals surface area (Å²) in [4.78, 5) is 25.0. The van der Waals surface area contributed by atoms with Crippen molar-refractivity contribution < 1.29 is 41.0 Å². The van der Waals surface area contributed by atoms with Crippen LogP contribution in [0.4, 0.5) is 33.5 Å². The Morgan fingerprint density at radius 1 is 1.16 bits per heavy atom. The summed E-state index contributed by atoms with van der Waals surface area (Å²) in [5.74, 6) is -6.90. The van der Waals surface area contributed by atoms with Gasteiger partial charge in [0, 0.05) is 41.5 Å². The van der Waals surface area contributed by atoms with Crippen LogP contribution in [0.15, 0.2) is 42.7 Å². The number of ether oxygens (including phenoxy) is 3. The molecule has 4 atom stereocenters. The normalized spacial score (nSPS) is 23.2. The Bertz CT molecular complexity index is 1360. The fourth-order valence-electron chi connectivity index (χ4n) is 4.29. The summed E-state index contributed by atoms with van der Waals surface area (Å²) in [5.41, 5.74) is 2.75. The number of alkyl halides is 3. The molecule has 0 saturated carbocycles. The summed E-state index contributed by atoms with van der Waals surface area (Å²) in [5, 5.41) is 2.47. The van der Waals surface area contributed by atoms with E-state index >= 15 is 0 Å². The zero-order chi connectivity index (χ0) is 27.8. The molecule has 3 N–H and O–H groups in total. The number of nitrogens with zero attached hydrogens (tertiary/aromatic N) is 3. The molecule has 38 heavy (non-hydrogen) atoms. The van der Waals surface area contributed by atoms with E-state index in [0.717, 1.165) is 26.2 Å². The van der Waals surface area contributed by atoms with Crippen LogP contribution in [-0.2, 0) is 9.53 Å². The number of methoxy groups -OCH3 is 1. The van der Waals surface area contributed by atoms with Gasteiger partial charge in [-0.1, -0.05) is 13.0 Å². The first kappa shape index (κ1) is 27.0. The van der Waals surface area contributed by atoms with Crippen LogP contribution in [0.5, 0.6) is 17.6 Å². The van der Waals surface area contributed by atoms with Gasteiger partial charge >= 0.3 is 12.2 Å². The predicted molar refractivity (Wildman–Crippen MR) is 124 cm³/mol. The van der Waals surface area contributed by atoms with Gasteiger partial charge in [-0.3, -0.25) is 4.79 Å². The number of nitrogens with one attached hydrogen (secondary N) is 1. The third-order valence-corrected chi connectivity index (χ3v) is 6.42. The van der Waals surface area contributed by atoms with E-state index in [1.807, 2.05) is 0 Å². The zero-order valence-electron chi connectivity index (χ0n) is 20.2. The minimum absolute atomic E-state index is 0.0481. The van der Waals surface area contributed by atoms with Crippen molar-refractivity contribution in [3.8, 4) is 17.6 Å². The number of amides is 1. The number of anilines is 2. The summed E-state index contributed by atoms with van der Waals surface area (Å²) in [6.07, 6.45) is -4.02. The highest BCUT2D eigenvalue weighted by molar-refractivity contribution is 5.95. The number of hydrogen-bond donors (Lipinski definition) is 2. The third-order valence-electron chi connectivity index (χ3n) is 6.42. The maximum atomic E-state index is 14.5. The average molecular weight is 539 g/mol. The Morgan fingerprint density at radius 2 is 1.87 bits per heavy atom.